The molecule has 11 heteroatoms. The third-order valence-electron chi connectivity index (χ3n) is 14.4. The van der Waals surface area contributed by atoms with Crippen LogP contribution in [0.2, 0.25) is 0 Å². The van der Waals surface area contributed by atoms with Crippen LogP contribution in [0.4, 0.5) is 0 Å². The lowest BCUT2D eigenvalue weighted by molar-refractivity contribution is -0.305. The van der Waals surface area contributed by atoms with Crippen LogP contribution in [-0.4, -0.2) is 99.6 Å². The molecule has 8 unspecified atom stereocenters. The molecule has 1 heterocycles. The molecule has 0 aromatic rings. The summed E-state index contributed by atoms with van der Waals surface area (Å²) in [6.07, 6.45) is 56.5. The lowest BCUT2D eigenvalue weighted by atomic mass is 9.99. The van der Waals surface area contributed by atoms with Crippen molar-refractivity contribution in [3.8, 4) is 0 Å². The van der Waals surface area contributed by atoms with E-state index in [1.54, 1.807) is 6.08 Å². The first kappa shape index (κ1) is 71.1. The van der Waals surface area contributed by atoms with Crippen LogP contribution in [0.5, 0.6) is 0 Å². The zero-order chi connectivity index (χ0) is 55.4. The lowest BCUT2D eigenvalue weighted by Gasteiger charge is -2.41. The van der Waals surface area contributed by atoms with Crippen molar-refractivity contribution >= 4 is 11.9 Å². The lowest BCUT2D eigenvalue weighted by Crippen LogP contribution is -2.61. The van der Waals surface area contributed by atoms with Gasteiger partial charge in [-0.2, -0.15) is 0 Å². The van der Waals surface area contributed by atoms with Crippen LogP contribution in [0.25, 0.3) is 0 Å². The van der Waals surface area contributed by atoms with Crippen LogP contribution < -0.4 is 5.32 Å². The largest absolute Gasteiger partial charge is 0.454 e. The van der Waals surface area contributed by atoms with E-state index < -0.39 is 67.4 Å². The first-order valence-corrected chi connectivity index (χ1v) is 31.2. The highest BCUT2D eigenvalue weighted by Crippen LogP contribution is 2.26. The number of rotatable bonds is 52. The summed E-state index contributed by atoms with van der Waals surface area (Å²) in [7, 11) is 0. The van der Waals surface area contributed by atoms with Crippen LogP contribution in [-0.2, 0) is 23.8 Å². The normalized spacial score (nSPS) is 19.6. The van der Waals surface area contributed by atoms with Gasteiger partial charge in [-0.25, -0.2) is 0 Å². The molecular formula is C65H115NO10. The molecule has 0 aliphatic carbocycles. The van der Waals surface area contributed by atoms with Gasteiger partial charge in [0.1, 0.15) is 24.4 Å². The van der Waals surface area contributed by atoms with Crippen molar-refractivity contribution in [2.45, 2.75) is 314 Å². The first-order chi connectivity index (χ1) is 37.2. The minimum absolute atomic E-state index is 0.111. The van der Waals surface area contributed by atoms with Gasteiger partial charge in [-0.1, -0.05) is 241 Å². The molecule has 8 atom stereocenters. The maximum absolute atomic E-state index is 13.4. The van der Waals surface area contributed by atoms with Crippen LogP contribution in [0.3, 0.4) is 0 Å². The highest BCUT2D eigenvalue weighted by molar-refractivity contribution is 5.80. The van der Waals surface area contributed by atoms with E-state index >= 15 is 0 Å². The number of unbranched alkanes of at least 4 members (excludes halogenated alkanes) is 29. The molecule has 1 amide bonds. The standard InChI is InChI=1S/C65H115NO10/c1-4-7-10-13-16-19-22-25-27-28-29-30-31-32-33-35-38-41-44-47-50-53-60(70)76-63-62(72)61(71)59(54-67)75-65(63)74-55-56(57(68)51-48-45-42-39-36-24-21-18-15-12-9-6-3)66-64(73)58(69)52-49-46-43-40-37-34-26-23-20-17-14-11-8-5-2/h16-17,19-20,23,25-27,29-30,48,51,56-59,61-63,65,67-69,71-72H,4-15,18,21-22,24,28,31-47,49-50,52-55H2,1-3H3,(H,66,73)/b19-16-,20-17+,26-23+,27-25-,30-29-,51-48+. The summed E-state index contributed by atoms with van der Waals surface area (Å²) in [5.41, 5.74) is 0. The number of ether oxygens (including phenoxy) is 3. The van der Waals surface area contributed by atoms with Crippen molar-refractivity contribution < 1.29 is 49.3 Å². The Morgan fingerprint density at radius 1 is 0.526 bits per heavy atom. The number of amides is 1. The Kier molecular flexibility index (Phi) is 49.4. The van der Waals surface area contributed by atoms with Crippen LogP contribution in [0.1, 0.15) is 265 Å². The van der Waals surface area contributed by atoms with Gasteiger partial charge >= 0.3 is 5.97 Å². The molecule has 0 saturated carbocycles. The summed E-state index contributed by atoms with van der Waals surface area (Å²) in [5, 5.41) is 56.9. The molecule has 1 saturated heterocycles. The average molecular weight is 1070 g/mol. The van der Waals surface area contributed by atoms with E-state index in [4.69, 9.17) is 14.2 Å². The molecule has 0 spiro atoms. The van der Waals surface area contributed by atoms with E-state index in [1.165, 1.54) is 116 Å². The Balaban J connectivity index is 2.67. The fourth-order valence-corrected chi connectivity index (χ4v) is 9.35. The molecule has 6 N–H and O–H groups in total. The molecule has 0 bridgehead atoms. The number of allylic oxidation sites excluding steroid dienone is 11. The quantitative estimate of drug-likeness (QED) is 0.0149. The Labute approximate surface area is 464 Å². The van der Waals surface area contributed by atoms with Crippen molar-refractivity contribution in [2.75, 3.05) is 13.2 Å². The zero-order valence-corrected chi connectivity index (χ0v) is 48.6. The summed E-state index contributed by atoms with van der Waals surface area (Å²) in [5.74, 6) is -1.21. The number of nitrogens with one attached hydrogen (secondary N) is 1. The first-order valence-electron chi connectivity index (χ1n) is 31.2. The minimum atomic E-state index is -1.62. The number of esters is 1. The van der Waals surface area contributed by atoms with E-state index in [0.717, 1.165) is 103 Å². The Bertz CT molecular complexity index is 1510. The van der Waals surface area contributed by atoms with Crippen molar-refractivity contribution in [1.82, 2.24) is 5.32 Å². The SMILES string of the molecule is CCCCC/C=C\C/C=C\C/C=C\CCCCCCCCCCC(=O)OC1C(OCC(NC(=O)C(O)CCCCCCC/C=C/C=C/CCCCC)C(O)/C=C/CCCCCCCCCCCC)OC(CO)C(O)C1O. The second-order valence-electron chi connectivity index (χ2n) is 21.5. The second kappa shape index (κ2) is 52.8. The summed E-state index contributed by atoms with van der Waals surface area (Å²) in [4.78, 5) is 26.5. The van der Waals surface area contributed by atoms with Gasteiger partial charge in [0.15, 0.2) is 12.4 Å². The smallest absolute Gasteiger partial charge is 0.306 e. The van der Waals surface area contributed by atoms with Crippen molar-refractivity contribution in [3.05, 3.63) is 72.9 Å². The van der Waals surface area contributed by atoms with Gasteiger partial charge in [0.25, 0.3) is 0 Å². The van der Waals surface area contributed by atoms with Gasteiger partial charge in [0, 0.05) is 6.42 Å². The van der Waals surface area contributed by atoms with Crippen LogP contribution in [0.15, 0.2) is 72.9 Å². The predicted octanol–water partition coefficient (Wildman–Crippen LogP) is 14.8. The van der Waals surface area contributed by atoms with Gasteiger partial charge in [0.05, 0.1) is 25.4 Å². The number of carbonyl (C=O) groups is 2. The third kappa shape index (κ3) is 40.3. The van der Waals surface area contributed by atoms with Crippen LogP contribution >= 0.6 is 0 Å². The van der Waals surface area contributed by atoms with Gasteiger partial charge in [-0.05, 0) is 89.9 Å². The van der Waals surface area contributed by atoms with Gasteiger partial charge in [0.2, 0.25) is 5.91 Å². The van der Waals surface area contributed by atoms with Crippen LogP contribution in [0, 0.1) is 0 Å². The fourth-order valence-electron chi connectivity index (χ4n) is 9.35. The summed E-state index contributed by atoms with van der Waals surface area (Å²) in [6, 6.07) is -1.03. The molecular weight excluding hydrogens is 955 g/mol. The Morgan fingerprint density at radius 3 is 1.46 bits per heavy atom. The molecule has 11 nitrogen and oxygen atoms in total. The van der Waals surface area contributed by atoms with E-state index in [1.807, 2.05) is 6.08 Å². The van der Waals surface area contributed by atoms with E-state index in [-0.39, 0.29) is 19.4 Å². The number of carbonyl (C=O) groups excluding carboxylic acids is 2. The summed E-state index contributed by atoms with van der Waals surface area (Å²) >= 11 is 0. The average Bonchev–Trinajstić information content (AvgIpc) is 3.42. The Morgan fingerprint density at radius 2 is 0.947 bits per heavy atom. The van der Waals surface area contributed by atoms with Gasteiger partial charge < -0.3 is 45.1 Å². The van der Waals surface area contributed by atoms with E-state index in [9.17, 15) is 35.1 Å². The molecule has 1 aliphatic rings. The minimum Gasteiger partial charge on any atom is -0.454 e. The number of aliphatic hydroxyl groups is 5. The molecule has 1 rings (SSSR count). The van der Waals surface area contributed by atoms with Crippen molar-refractivity contribution in [3.63, 3.8) is 0 Å². The summed E-state index contributed by atoms with van der Waals surface area (Å²) in [6.45, 7) is 5.72. The van der Waals surface area contributed by atoms with E-state index in [0.29, 0.717) is 12.8 Å². The van der Waals surface area contributed by atoms with Gasteiger partial charge in [-0.3, -0.25) is 9.59 Å². The van der Waals surface area contributed by atoms with Crippen molar-refractivity contribution in [2.24, 2.45) is 0 Å². The molecule has 440 valence electrons. The highest BCUT2D eigenvalue weighted by atomic mass is 16.7. The molecule has 1 fully saturated rings. The Hall–Kier alpha value is -2.90. The third-order valence-corrected chi connectivity index (χ3v) is 14.4. The molecule has 1 aliphatic heterocycles. The summed E-state index contributed by atoms with van der Waals surface area (Å²) < 4.78 is 17.6. The fraction of sp³-hybridized carbons (Fsp3) is 0.785. The maximum Gasteiger partial charge on any atom is 0.306 e. The molecule has 76 heavy (non-hydrogen) atoms. The number of hydrogen-bond donors (Lipinski definition) is 6. The second-order valence-corrected chi connectivity index (χ2v) is 21.5. The monoisotopic (exact) mass is 1070 g/mol. The molecule has 0 aromatic heterocycles. The van der Waals surface area contributed by atoms with E-state index in [2.05, 4.69) is 86.8 Å². The highest BCUT2D eigenvalue weighted by Gasteiger charge is 2.47. The zero-order valence-electron chi connectivity index (χ0n) is 48.6. The van der Waals surface area contributed by atoms with Crippen molar-refractivity contribution in [1.29, 1.82) is 0 Å². The molecule has 0 aromatic carbocycles. The topological polar surface area (TPSA) is 175 Å². The predicted molar refractivity (Wildman–Crippen MR) is 315 cm³/mol. The molecule has 0 radical (unpaired) electrons. The maximum atomic E-state index is 13.4. The number of hydrogen-bond acceptors (Lipinski definition) is 10. The van der Waals surface area contributed by atoms with Gasteiger partial charge in [-0.15, -0.1) is 0 Å². The number of aliphatic hydroxyl groups excluding tert-OH is 5.